The van der Waals surface area contributed by atoms with E-state index in [1.807, 2.05) is 0 Å². The van der Waals surface area contributed by atoms with Crippen LogP contribution in [0.5, 0.6) is 0 Å². The molecule has 2 N–H and O–H groups in total. The van der Waals surface area contributed by atoms with Crippen LogP contribution in [0.25, 0.3) is 0 Å². The molecule has 3 heteroatoms. The molecule has 1 saturated heterocycles. The van der Waals surface area contributed by atoms with Gasteiger partial charge >= 0.3 is 0 Å². The van der Waals surface area contributed by atoms with Crippen LogP contribution in [0.3, 0.4) is 0 Å². The molecule has 1 aliphatic heterocycles. The number of nitrogens with one attached hydrogen (secondary N) is 2. The van der Waals surface area contributed by atoms with E-state index >= 15 is 0 Å². The van der Waals surface area contributed by atoms with Crippen molar-refractivity contribution in [2.45, 2.75) is 18.9 Å². The van der Waals surface area contributed by atoms with Gasteiger partial charge in [-0.25, -0.2) is 5.48 Å². The van der Waals surface area contributed by atoms with Crippen LogP contribution in [-0.4, -0.2) is 26.2 Å². The van der Waals surface area contributed by atoms with Gasteiger partial charge in [0, 0.05) is 12.6 Å². The lowest BCUT2D eigenvalue weighted by Gasteiger charge is -2.08. The molecule has 1 fully saturated rings. The van der Waals surface area contributed by atoms with Crippen LogP contribution in [0.2, 0.25) is 0 Å². The average molecular weight is 130 g/mol. The molecule has 0 aromatic heterocycles. The zero-order valence-corrected chi connectivity index (χ0v) is 5.81. The molecule has 0 aliphatic carbocycles. The fourth-order valence-corrected chi connectivity index (χ4v) is 1.11. The quantitative estimate of drug-likeness (QED) is 0.523. The van der Waals surface area contributed by atoms with Gasteiger partial charge in [0.25, 0.3) is 0 Å². The first-order valence-corrected chi connectivity index (χ1v) is 3.42. The Hall–Kier alpha value is -0.120. The second-order valence-electron chi connectivity index (χ2n) is 2.35. The molecule has 0 radical (unpaired) electrons. The lowest BCUT2D eigenvalue weighted by molar-refractivity contribution is 0.0859. The maximum Gasteiger partial charge on any atom is 0.0572 e. The number of hydrogen-bond acceptors (Lipinski definition) is 3. The third-order valence-corrected chi connectivity index (χ3v) is 1.64. The molecule has 54 valence electrons. The molecule has 1 aliphatic rings. The monoisotopic (exact) mass is 130 g/mol. The van der Waals surface area contributed by atoms with Crippen LogP contribution < -0.4 is 10.8 Å². The van der Waals surface area contributed by atoms with Gasteiger partial charge in [-0.1, -0.05) is 0 Å². The maximum atomic E-state index is 4.71. The minimum Gasteiger partial charge on any atom is -0.313 e. The van der Waals surface area contributed by atoms with E-state index in [0.29, 0.717) is 6.04 Å². The van der Waals surface area contributed by atoms with E-state index in [-0.39, 0.29) is 0 Å². The summed E-state index contributed by atoms with van der Waals surface area (Å²) < 4.78 is 0. The van der Waals surface area contributed by atoms with Gasteiger partial charge in [-0.05, 0) is 19.4 Å². The molecule has 0 bridgehead atoms. The van der Waals surface area contributed by atoms with Crippen LogP contribution in [0.4, 0.5) is 0 Å². The van der Waals surface area contributed by atoms with Crippen molar-refractivity contribution in [3.8, 4) is 0 Å². The van der Waals surface area contributed by atoms with Crippen LogP contribution in [0.15, 0.2) is 0 Å². The Kier molecular flexibility index (Phi) is 2.97. The van der Waals surface area contributed by atoms with E-state index in [4.69, 9.17) is 4.84 Å². The van der Waals surface area contributed by atoms with Gasteiger partial charge in [0.2, 0.25) is 0 Å². The summed E-state index contributed by atoms with van der Waals surface area (Å²) in [6.07, 6.45) is 2.58. The van der Waals surface area contributed by atoms with Gasteiger partial charge in [-0.15, -0.1) is 0 Å². The topological polar surface area (TPSA) is 33.3 Å². The number of hydrogen-bond donors (Lipinski definition) is 2. The second kappa shape index (κ2) is 3.82. The molecule has 0 spiro atoms. The summed E-state index contributed by atoms with van der Waals surface area (Å²) in [7, 11) is 1.65. The summed E-state index contributed by atoms with van der Waals surface area (Å²) >= 11 is 0. The molecule has 1 rings (SSSR count). The fourth-order valence-electron chi connectivity index (χ4n) is 1.11. The van der Waals surface area contributed by atoms with E-state index in [0.717, 1.165) is 13.1 Å². The highest BCUT2D eigenvalue weighted by molar-refractivity contribution is 4.74. The van der Waals surface area contributed by atoms with Gasteiger partial charge in [-0.3, -0.25) is 0 Å². The minimum absolute atomic E-state index is 0.630. The first kappa shape index (κ1) is 6.99. The molecule has 3 nitrogen and oxygen atoms in total. The third-order valence-electron chi connectivity index (χ3n) is 1.64. The lowest BCUT2D eigenvalue weighted by atomic mass is 10.2. The van der Waals surface area contributed by atoms with E-state index in [9.17, 15) is 0 Å². The Morgan fingerprint density at radius 1 is 1.78 bits per heavy atom. The van der Waals surface area contributed by atoms with Crippen molar-refractivity contribution in [3.63, 3.8) is 0 Å². The molecule has 0 amide bonds. The highest BCUT2D eigenvalue weighted by Gasteiger charge is 2.12. The minimum atomic E-state index is 0.630. The summed E-state index contributed by atoms with van der Waals surface area (Å²) in [5.74, 6) is 0. The molecule has 0 aromatic carbocycles. The molecule has 0 saturated carbocycles. The van der Waals surface area contributed by atoms with Crippen molar-refractivity contribution >= 4 is 0 Å². The molecular weight excluding hydrogens is 116 g/mol. The summed E-state index contributed by atoms with van der Waals surface area (Å²) in [5, 5.41) is 3.35. The first-order valence-electron chi connectivity index (χ1n) is 3.42. The van der Waals surface area contributed by atoms with Crippen LogP contribution in [0, 0.1) is 0 Å². The third kappa shape index (κ3) is 2.30. The normalized spacial score (nSPS) is 27.0. The highest BCUT2D eigenvalue weighted by atomic mass is 16.6. The number of hydroxylamine groups is 1. The van der Waals surface area contributed by atoms with Crippen molar-refractivity contribution < 1.29 is 4.84 Å². The van der Waals surface area contributed by atoms with Gasteiger partial charge in [0.1, 0.15) is 0 Å². The van der Waals surface area contributed by atoms with Crippen LogP contribution >= 0.6 is 0 Å². The van der Waals surface area contributed by atoms with Crippen LogP contribution in [-0.2, 0) is 4.84 Å². The van der Waals surface area contributed by atoms with Crippen molar-refractivity contribution in [1.82, 2.24) is 10.8 Å². The van der Waals surface area contributed by atoms with E-state index < -0.39 is 0 Å². The van der Waals surface area contributed by atoms with Crippen LogP contribution in [0.1, 0.15) is 12.8 Å². The molecule has 9 heavy (non-hydrogen) atoms. The molecule has 1 heterocycles. The average Bonchev–Trinajstić information content (AvgIpc) is 2.34. The Bertz CT molecular complexity index is 71.5. The lowest BCUT2D eigenvalue weighted by Crippen LogP contribution is -2.33. The summed E-state index contributed by atoms with van der Waals surface area (Å²) in [6.45, 7) is 2.09. The van der Waals surface area contributed by atoms with Crippen molar-refractivity contribution in [2.75, 3.05) is 20.2 Å². The Labute approximate surface area is 55.7 Å². The summed E-state index contributed by atoms with van der Waals surface area (Å²) in [6, 6.07) is 0.630. The first-order chi connectivity index (χ1) is 4.43. The predicted molar refractivity (Wildman–Crippen MR) is 36.0 cm³/mol. The van der Waals surface area contributed by atoms with Crippen molar-refractivity contribution in [3.05, 3.63) is 0 Å². The van der Waals surface area contributed by atoms with E-state index in [1.165, 1.54) is 12.8 Å². The van der Waals surface area contributed by atoms with E-state index in [1.54, 1.807) is 7.11 Å². The van der Waals surface area contributed by atoms with E-state index in [2.05, 4.69) is 10.8 Å². The fraction of sp³-hybridized carbons (Fsp3) is 1.00. The maximum absolute atomic E-state index is 4.71. The second-order valence-corrected chi connectivity index (χ2v) is 2.35. The molecule has 1 unspecified atom stereocenters. The number of rotatable bonds is 3. The van der Waals surface area contributed by atoms with Gasteiger partial charge in [0.05, 0.1) is 7.11 Å². The standard InChI is InChI=1S/C6H14N2O/c1-9-8-5-6-3-2-4-7-6/h6-8H,2-5H2,1H3. The Morgan fingerprint density at radius 3 is 3.22 bits per heavy atom. The summed E-state index contributed by atoms with van der Waals surface area (Å²) in [5.41, 5.74) is 2.83. The van der Waals surface area contributed by atoms with Crippen molar-refractivity contribution in [2.24, 2.45) is 0 Å². The molecule has 0 aromatic rings. The largest absolute Gasteiger partial charge is 0.313 e. The highest BCUT2D eigenvalue weighted by Crippen LogP contribution is 2.02. The van der Waals surface area contributed by atoms with Gasteiger partial charge < -0.3 is 10.2 Å². The van der Waals surface area contributed by atoms with Gasteiger partial charge in [0.15, 0.2) is 0 Å². The summed E-state index contributed by atoms with van der Waals surface area (Å²) in [4.78, 5) is 4.71. The predicted octanol–water partition coefficient (Wildman–Crippen LogP) is -0.111. The Morgan fingerprint density at radius 2 is 2.67 bits per heavy atom. The molecule has 1 atom stereocenters. The smallest absolute Gasteiger partial charge is 0.0572 e. The van der Waals surface area contributed by atoms with Gasteiger partial charge in [-0.2, -0.15) is 0 Å². The van der Waals surface area contributed by atoms with Crippen molar-refractivity contribution in [1.29, 1.82) is 0 Å². The molecular formula is C6H14N2O. The SMILES string of the molecule is CONCC1CCCN1. The zero-order chi connectivity index (χ0) is 6.53. The zero-order valence-electron chi connectivity index (χ0n) is 5.81. The Balaban J connectivity index is 1.98.